The maximum absolute atomic E-state index is 13.2. The predicted octanol–water partition coefficient (Wildman–Crippen LogP) is 6.43. The number of carbonyl (C=O) groups is 1. The zero-order chi connectivity index (χ0) is 22.1. The number of hydrogen-bond acceptors (Lipinski definition) is 3. The number of carbonyl (C=O) groups excluding carboxylic acids is 1. The average molecular weight is 444 g/mol. The zero-order valence-electron chi connectivity index (χ0n) is 17.6. The quantitative estimate of drug-likeness (QED) is 0.322. The summed E-state index contributed by atoms with van der Waals surface area (Å²) in [5, 5.41) is 2.85. The van der Waals surface area contributed by atoms with Crippen LogP contribution in [0.3, 0.4) is 0 Å². The van der Waals surface area contributed by atoms with Crippen LogP contribution in [0.4, 0.5) is 5.69 Å². The smallest absolute Gasteiger partial charge is 0.271 e. The molecule has 4 aromatic carbocycles. The third kappa shape index (κ3) is 3.78. The van der Waals surface area contributed by atoms with Crippen molar-refractivity contribution < 1.29 is 14.3 Å². The van der Waals surface area contributed by atoms with Crippen LogP contribution in [0.25, 0.3) is 10.8 Å². The molecule has 0 radical (unpaired) electrons. The van der Waals surface area contributed by atoms with E-state index in [1.165, 1.54) is 0 Å². The number of nitrogens with zero attached hydrogens (tertiary/aromatic N) is 1. The number of fused-ring (bicyclic) bond motifs is 1. The molecular weight excluding hydrogens is 422 g/mol. The molecule has 1 heterocycles. The van der Waals surface area contributed by atoms with Gasteiger partial charge in [-0.15, -0.1) is 0 Å². The summed E-state index contributed by atoms with van der Waals surface area (Å²) in [7, 11) is 0. The molecule has 0 aliphatic carbocycles. The summed E-state index contributed by atoms with van der Waals surface area (Å²) < 4.78 is 11.8. The lowest BCUT2D eigenvalue weighted by molar-refractivity contribution is -0.135. The minimum absolute atomic E-state index is 0.0812. The van der Waals surface area contributed by atoms with Gasteiger partial charge in [0.15, 0.2) is 0 Å². The second-order valence-electron chi connectivity index (χ2n) is 7.68. The summed E-state index contributed by atoms with van der Waals surface area (Å²) in [6, 6.07) is 28.8. The van der Waals surface area contributed by atoms with Gasteiger partial charge in [0.1, 0.15) is 17.5 Å². The third-order valence-corrected chi connectivity index (χ3v) is 5.92. The molecular formula is C27H22ClNO3. The van der Waals surface area contributed by atoms with Gasteiger partial charge in [-0.2, -0.15) is 0 Å². The molecule has 1 saturated heterocycles. The fourth-order valence-corrected chi connectivity index (χ4v) is 4.23. The second-order valence-corrected chi connectivity index (χ2v) is 8.12. The summed E-state index contributed by atoms with van der Waals surface area (Å²) >= 11 is 6.10. The molecule has 4 nitrogen and oxygen atoms in total. The van der Waals surface area contributed by atoms with E-state index in [4.69, 9.17) is 21.1 Å². The van der Waals surface area contributed by atoms with Gasteiger partial charge in [-0.3, -0.25) is 9.69 Å². The number of anilines is 1. The monoisotopic (exact) mass is 443 g/mol. The van der Waals surface area contributed by atoms with Gasteiger partial charge in [-0.05, 0) is 71.8 Å². The molecule has 0 saturated carbocycles. The van der Waals surface area contributed by atoms with Crippen LogP contribution in [0.2, 0.25) is 5.02 Å². The largest absolute Gasteiger partial charge is 0.494 e. The van der Waals surface area contributed by atoms with Crippen LogP contribution < -0.4 is 14.4 Å². The van der Waals surface area contributed by atoms with Gasteiger partial charge in [0, 0.05) is 10.7 Å². The van der Waals surface area contributed by atoms with E-state index in [9.17, 15) is 4.79 Å². The van der Waals surface area contributed by atoms with E-state index in [0.717, 1.165) is 27.8 Å². The Morgan fingerprint density at radius 2 is 1.53 bits per heavy atom. The molecule has 32 heavy (non-hydrogen) atoms. The van der Waals surface area contributed by atoms with Crippen molar-refractivity contribution in [2.24, 2.45) is 0 Å². The molecule has 160 valence electrons. The van der Waals surface area contributed by atoms with E-state index in [1.54, 1.807) is 4.90 Å². The minimum atomic E-state index is -0.621. The summed E-state index contributed by atoms with van der Waals surface area (Å²) in [6.07, 6.45) is -0.621. The van der Waals surface area contributed by atoms with Crippen LogP contribution in [0, 0.1) is 0 Å². The summed E-state index contributed by atoms with van der Waals surface area (Å²) in [5.41, 5.74) is 1.77. The zero-order valence-corrected chi connectivity index (χ0v) is 18.3. The summed E-state index contributed by atoms with van der Waals surface area (Å²) in [4.78, 5) is 15.0. The van der Waals surface area contributed by atoms with Crippen molar-refractivity contribution in [3.8, 4) is 11.5 Å². The standard InChI is InChI=1S/C27H22ClNO3/c1-2-31-23-15-12-22(13-16-23)29-25(19-7-10-21(28)11-8-19)26(27(29)30)32-24-14-9-18-5-3-4-6-20(18)17-24/h3-17,25-26H,2H2,1H3/t25-,26+/m1/s1. The maximum Gasteiger partial charge on any atom is 0.271 e. The number of hydrogen-bond donors (Lipinski definition) is 0. The van der Waals surface area contributed by atoms with Gasteiger partial charge < -0.3 is 9.47 Å². The van der Waals surface area contributed by atoms with Crippen molar-refractivity contribution in [1.29, 1.82) is 0 Å². The van der Waals surface area contributed by atoms with Crippen molar-refractivity contribution in [1.82, 2.24) is 0 Å². The SMILES string of the molecule is CCOc1ccc(N2C(=O)[C@@H](Oc3ccc4ccccc4c3)[C@H]2c2ccc(Cl)cc2)cc1. The van der Waals surface area contributed by atoms with Crippen LogP contribution in [0.15, 0.2) is 91.0 Å². The first-order chi connectivity index (χ1) is 15.6. The van der Waals surface area contributed by atoms with E-state index < -0.39 is 6.10 Å². The molecule has 1 aliphatic rings. The van der Waals surface area contributed by atoms with E-state index in [1.807, 2.05) is 91.9 Å². The Balaban J connectivity index is 1.47. The van der Waals surface area contributed by atoms with Crippen LogP contribution >= 0.6 is 11.6 Å². The summed E-state index contributed by atoms with van der Waals surface area (Å²) in [5.74, 6) is 1.37. The lowest BCUT2D eigenvalue weighted by atomic mass is 9.89. The predicted molar refractivity (Wildman–Crippen MR) is 128 cm³/mol. The molecule has 1 aliphatic heterocycles. The molecule has 0 bridgehead atoms. The highest BCUT2D eigenvalue weighted by atomic mass is 35.5. The van der Waals surface area contributed by atoms with E-state index >= 15 is 0 Å². The van der Waals surface area contributed by atoms with Crippen molar-refractivity contribution in [2.75, 3.05) is 11.5 Å². The van der Waals surface area contributed by atoms with Crippen LogP contribution in [0.1, 0.15) is 18.5 Å². The third-order valence-electron chi connectivity index (χ3n) is 5.67. The average Bonchev–Trinajstić information content (AvgIpc) is 2.82. The molecule has 5 rings (SSSR count). The molecule has 0 unspecified atom stereocenters. The first kappa shape index (κ1) is 20.4. The fourth-order valence-electron chi connectivity index (χ4n) is 4.11. The number of benzene rings is 4. The van der Waals surface area contributed by atoms with Gasteiger partial charge in [-0.25, -0.2) is 0 Å². The lowest BCUT2D eigenvalue weighted by Crippen LogP contribution is -2.61. The lowest BCUT2D eigenvalue weighted by Gasteiger charge is -2.46. The molecule has 0 spiro atoms. The number of ether oxygens (including phenoxy) is 2. The van der Waals surface area contributed by atoms with E-state index in [0.29, 0.717) is 17.4 Å². The van der Waals surface area contributed by atoms with Crippen LogP contribution in [-0.2, 0) is 4.79 Å². The number of amides is 1. The molecule has 5 heteroatoms. The molecule has 4 aromatic rings. The Bertz CT molecular complexity index is 1250. The van der Waals surface area contributed by atoms with Crippen molar-refractivity contribution in [2.45, 2.75) is 19.1 Å². The Labute approximate surface area is 191 Å². The number of halogens is 1. The first-order valence-electron chi connectivity index (χ1n) is 10.6. The molecule has 1 fully saturated rings. The molecule has 0 aromatic heterocycles. The minimum Gasteiger partial charge on any atom is -0.494 e. The van der Waals surface area contributed by atoms with Crippen molar-refractivity contribution >= 4 is 34.0 Å². The Hall–Kier alpha value is -3.50. The van der Waals surface area contributed by atoms with E-state index in [-0.39, 0.29) is 11.9 Å². The molecule has 1 amide bonds. The van der Waals surface area contributed by atoms with Crippen LogP contribution in [-0.4, -0.2) is 18.6 Å². The van der Waals surface area contributed by atoms with Gasteiger partial charge >= 0.3 is 0 Å². The van der Waals surface area contributed by atoms with E-state index in [2.05, 4.69) is 6.07 Å². The normalized spacial score (nSPS) is 17.8. The Morgan fingerprint density at radius 3 is 2.25 bits per heavy atom. The molecule has 0 N–H and O–H groups in total. The van der Waals surface area contributed by atoms with Gasteiger partial charge in [0.25, 0.3) is 5.91 Å². The topological polar surface area (TPSA) is 38.8 Å². The maximum atomic E-state index is 13.2. The fraction of sp³-hybridized carbons (Fsp3) is 0.148. The van der Waals surface area contributed by atoms with Gasteiger partial charge in [-0.1, -0.05) is 54.1 Å². The first-order valence-corrected chi connectivity index (χ1v) is 11.0. The highest BCUT2D eigenvalue weighted by Gasteiger charge is 2.51. The van der Waals surface area contributed by atoms with Crippen molar-refractivity contribution in [3.63, 3.8) is 0 Å². The number of β-lactam (4-membered cyclic amide) rings is 1. The second kappa shape index (κ2) is 8.56. The number of rotatable bonds is 6. The van der Waals surface area contributed by atoms with Gasteiger partial charge in [0.05, 0.1) is 6.61 Å². The highest BCUT2D eigenvalue weighted by Crippen LogP contribution is 2.42. The Kier molecular flexibility index (Phi) is 5.46. The summed E-state index contributed by atoms with van der Waals surface area (Å²) in [6.45, 7) is 2.54. The highest BCUT2D eigenvalue weighted by molar-refractivity contribution is 6.30. The molecule has 2 atom stereocenters. The van der Waals surface area contributed by atoms with Gasteiger partial charge in [0.2, 0.25) is 6.10 Å². The van der Waals surface area contributed by atoms with Crippen LogP contribution in [0.5, 0.6) is 11.5 Å². The Morgan fingerprint density at radius 1 is 0.844 bits per heavy atom. The van der Waals surface area contributed by atoms with Crippen molar-refractivity contribution in [3.05, 3.63) is 102 Å².